The molecule has 0 saturated carbocycles. The van der Waals surface area contributed by atoms with Gasteiger partial charge in [0.05, 0.1) is 24.3 Å². The Hall–Kier alpha value is -1.89. The highest BCUT2D eigenvalue weighted by Crippen LogP contribution is 2.30. The normalized spacial score (nSPS) is 20.8. The lowest BCUT2D eigenvalue weighted by Gasteiger charge is -2.35. The maximum atomic E-state index is 5.67. The van der Waals surface area contributed by atoms with Crippen LogP contribution < -0.4 is 10.6 Å². The molecule has 2 aromatic carbocycles. The zero-order valence-electron chi connectivity index (χ0n) is 14.3. The van der Waals surface area contributed by atoms with Gasteiger partial charge < -0.3 is 15.4 Å². The Morgan fingerprint density at radius 2 is 2.16 bits per heavy atom. The summed E-state index contributed by atoms with van der Waals surface area (Å²) in [5.74, 6) is 0.861. The molecule has 3 aromatic rings. The zero-order valence-corrected chi connectivity index (χ0v) is 15.9. The number of ether oxygens (including phenoxy) is 1. The lowest BCUT2D eigenvalue weighted by Crippen LogP contribution is -2.49. The fourth-order valence-electron chi connectivity index (χ4n) is 3.31. The predicted molar refractivity (Wildman–Crippen MR) is 104 cm³/mol. The van der Waals surface area contributed by atoms with Crippen LogP contribution in [0.1, 0.15) is 12.5 Å². The Morgan fingerprint density at radius 3 is 2.96 bits per heavy atom. The first-order chi connectivity index (χ1) is 12.0. The monoisotopic (exact) mass is 400 g/mol. The zero-order chi connectivity index (χ0) is 17.4. The third-order valence-corrected chi connectivity index (χ3v) is 5.22. The van der Waals surface area contributed by atoms with Gasteiger partial charge in [0.25, 0.3) is 0 Å². The first-order valence-electron chi connectivity index (χ1n) is 8.38. The molecule has 1 aliphatic heterocycles. The third-order valence-electron chi connectivity index (χ3n) is 4.73. The minimum Gasteiger partial charge on any atom is -0.378 e. The van der Waals surface area contributed by atoms with E-state index in [4.69, 9.17) is 4.74 Å². The van der Waals surface area contributed by atoms with Crippen molar-refractivity contribution in [2.45, 2.75) is 12.5 Å². The van der Waals surface area contributed by atoms with Crippen molar-refractivity contribution in [3.8, 4) is 0 Å². The molecule has 0 radical (unpaired) electrons. The lowest BCUT2D eigenvalue weighted by molar-refractivity contribution is 0.0339. The Kier molecular flexibility index (Phi) is 4.27. The molecule has 1 unspecified atom stereocenters. The molecule has 0 amide bonds. The van der Waals surface area contributed by atoms with Gasteiger partial charge in [0.15, 0.2) is 5.82 Å². The van der Waals surface area contributed by atoms with Crippen LogP contribution in [-0.4, -0.2) is 29.5 Å². The Morgan fingerprint density at radius 1 is 1.28 bits per heavy atom. The van der Waals surface area contributed by atoms with Crippen LogP contribution in [0.2, 0.25) is 0 Å². The number of hydrogen-bond donors (Lipinski definition) is 2. The Balaban J connectivity index is 1.67. The van der Waals surface area contributed by atoms with Crippen molar-refractivity contribution in [2.75, 3.05) is 25.1 Å². The number of nitrogens with zero attached hydrogens (tertiary/aromatic N) is 2. The number of hydrogen-bond acceptors (Lipinski definition) is 4. The highest BCUT2D eigenvalue weighted by molar-refractivity contribution is 9.10. The van der Waals surface area contributed by atoms with Gasteiger partial charge in [0, 0.05) is 29.1 Å². The van der Waals surface area contributed by atoms with Crippen molar-refractivity contribution in [3.05, 3.63) is 52.5 Å². The van der Waals surface area contributed by atoms with Crippen LogP contribution in [0.15, 0.2) is 46.9 Å². The molecular weight excluding hydrogens is 380 g/mol. The van der Waals surface area contributed by atoms with Gasteiger partial charge in [-0.25, -0.2) is 0 Å². The second-order valence-electron chi connectivity index (χ2n) is 6.65. The summed E-state index contributed by atoms with van der Waals surface area (Å²) in [6.07, 6.45) is 0. The molecule has 1 fully saturated rings. The number of halogens is 1. The van der Waals surface area contributed by atoms with Gasteiger partial charge in [-0.05, 0) is 42.8 Å². The summed E-state index contributed by atoms with van der Waals surface area (Å²) in [7, 11) is 1.96. The molecule has 2 heterocycles. The van der Waals surface area contributed by atoms with E-state index >= 15 is 0 Å². The maximum absolute atomic E-state index is 5.67. The van der Waals surface area contributed by atoms with Gasteiger partial charge >= 0.3 is 0 Å². The minimum atomic E-state index is -0.160. The number of aromatic nitrogens is 2. The summed E-state index contributed by atoms with van der Waals surface area (Å²) in [5.41, 5.74) is 3.16. The van der Waals surface area contributed by atoms with Crippen LogP contribution >= 0.6 is 15.9 Å². The summed E-state index contributed by atoms with van der Waals surface area (Å²) in [4.78, 5) is 0. The molecule has 6 heteroatoms. The molecule has 1 saturated heterocycles. The average Bonchev–Trinajstić information content (AvgIpc) is 2.91. The summed E-state index contributed by atoms with van der Waals surface area (Å²) >= 11 is 3.52. The molecule has 4 rings (SSSR count). The largest absolute Gasteiger partial charge is 0.378 e. The van der Waals surface area contributed by atoms with Crippen molar-refractivity contribution in [3.63, 3.8) is 0 Å². The molecule has 25 heavy (non-hydrogen) atoms. The Labute approximate surface area is 155 Å². The average molecular weight is 401 g/mol. The van der Waals surface area contributed by atoms with E-state index in [9.17, 15) is 0 Å². The van der Waals surface area contributed by atoms with Gasteiger partial charge in [0.1, 0.15) is 0 Å². The van der Waals surface area contributed by atoms with Gasteiger partial charge in [-0.3, -0.25) is 4.68 Å². The number of morpholine rings is 1. The van der Waals surface area contributed by atoms with E-state index in [1.54, 1.807) is 0 Å². The molecule has 0 bridgehead atoms. The summed E-state index contributed by atoms with van der Waals surface area (Å²) in [6, 6.07) is 14.6. The summed E-state index contributed by atoms with van der Waals surface area (Å²) < 4.78 is 8.61. The number of rotatable bonds is 3. The second kappa shape index (κ2) is 6.44. The van der Waals surface area contributed by atoms with Gasteiger partial charge in [0.2, 0.25) is 0 Å². The number of benzene rings is 2. The standard InChI is InChI=1S/C19H21BrN4O/c1-19(12-25-9-8-21-19)13-4-3-5-15(10-13)22-18-16-7-6-14(20)11-17(16)24(2)23-18/h3-7,10-11,21H,8-9,12H2,1-2H3,(H,22,23). The van der Waals surface area contributed by atoms with Gasteiger partial charge in [-0.2, -0.15) is 5.10 Å². The maximum Gasteiger partial charge on any atom is 0.160 e. The molecule has 5 nitrogen and oxygen atoms in total. The highest BCUT2D eigenvalue weighted by atomic mass is 79.9. The fraction of sp³-hybridized carbons (Fsp3) is 0.316. The number of nitrogens with one attached hydrogen (secondary N) is 2. The molecule has 130 valence electrons. The van der Waals surface area contributed by atoms with Crippen LogP contribution in [-0.2, 0) is 17.3 Å². The van der Waals surface area contributed by atoms with E-state index < -0.39 is 0 Å². The topological polar surface area (TPSA) is 51.1 Å². The highest BCUT2D eigenvalue weighted by Gasteiger charge is 2.29. The van der Waals surface area contributed by atoms with Crippen LogP contribution in [0.25, 0.3) is 10.9 Å². The third kappa shape index (κ3) is 3.17. The van der Waals surface area contributed by atoms with Crippen LogP contribution in [0, 0.1) is 0 Å². The molecule has 1 aliphatic rings. The molecule has 0 spiro atoms. The molecule has 1 aromatic heterocycles. The van der Waals surface area contributed by atoms with E-state index in [2.05, 4.69) is 75.0 Å². The van der Waals surface area contributed by atoms with Crippen molar-refractivity contribution in [1.29, 1.82) is 0 Å². The van der Waals surface area contributed by atoms with Crippen molar-refractivity contribution in [1.82, 2.24) is 15.1 Å². The smallest absolute Gasteiger partial charge is 0.160 e. The van der Waals surface area contributed by atoms with Gasteiger partial charge in [-0.15, -0.1) is 0 Å². The molecule has 0 aliphatic carbocycles. The first kappa shape index (κ1) is 16.6. The van der Waals surface area contributed by atoms with E-state index in [0.717, 1.165) is 40.0 Å². The lowest BCUT2D eigenvalue weighted by atomic mass is 9.91. The van der Waals surface area contributed by atoms with Crippen molar-refractivity contribution < 1.29 is 4.74 Å². The van der Waals surface area contributed by atoms with Crippen molar-refractivity contribution in [2.24, 2.45) is 7.05 Å². The van der Waals surface area contributed by atoms with Crippen LogP contribution in [0.5, 0.6) is 0 Å². The first-order valence-corrected chi connectivity index (χ1v) is 9.17. The SMILES string of the molecule is Cn1nc(Nc2cccc(C3(C)COCCN3)c2)c2ccc(Br)cc21. The fourth-order valence-corrected chi connectivity index (χ4v) is 3.66. The summed E-state index contributed by atoms with van der Waals surface area (Å²) in [6.45, 7) is 4.49. The quantitative estimate of drug-likeness (QED) is 0.699. The van der Waals surface area contributed by atoms with Crippen LogP contribution in [0.4, 0.5) is 11.5 Å². The van der Waals surface area contributed by atoms with E-state index in [-0.39, 0.29) is 5.54 Å². The molecular formula is C19H21BrN4O. The van der Waals surface area contributed by atoms with E-state index in [1.165, 1.54) is 5.56 Å². The van der Waals surface area contributed by atoms with Crippen LogP contribution in [0.3, 0.4) is 0 Å². The minimum absolute atomic E-state index is 0.160. The molecule has 2 N–H and O–H groups in total. The Bertz CT molecular complexity index is 915. The number of fused-ring (bicyclic) bond motifs is 1. The predicted octanol–water partition coefficient (Wildman–Crippen LogP) is 3.91. The number of anilines is 2. The van der Waals surface area contributed by atoms with E-state index in [0.29, 0.717) is 6.61 Å². The second-order valence-corrected chi connectivity index (χ2v) is 7.57. The number of aryl methyl sites for hydroxylation is 1. The summed E-state index contributed by atoms with van der Waals surface area (Å²) in [5, 5.41) is 12.8. The van der Waals surface area contributed by atoms with Gasteiger partial charge in [-0.1, -0.05) is 28.1 Å². The van der Waals surface area contributed by atoms with E-state index in [1.807, 2.05) is 17.8 Å². The van der Waals surface area contributed by atoms with Crippen molar-refractivity contribution >= 4 is 38.3 Å². The molecule has 1 atom stereocenters.